The predicted octanol–water partition coefficient (Wildman–Crippen LogP) is 10.9. The molecule has 10 aromatic rings. The Bertz CT molecular complexity index is 3250. The molecule has 5 aromatic carbocycles. The fraction of sp³-hybridized carbons (Fsp3) is 0.270. The minimum Gasteiger partial charge on any atom is -0.494 e. The third-order valence-electron chi connectivity index (χ3n) is 13.2. The van der Waals surface area contributed by atoms with Crippen molar-refractivity contribution in [2.75, 3.05) is 33.0 Å². The van der Waals surface area contributed by atoms with Gasteiger partial charge in [-0.25, -0.2) is 24.0 Å². The molecule has 0 amide bonds. The lowest BCUT2D eigenvalue weighted by Gasteiger charge is -2.10. The molecular weight excluding hydrogens is 1020 g/mol. The van der Waals surface area contributed by atoms with Gasteiger partial charge in [-0.15, -0.1) is 15.3 Å². The van der Waals surface area contributed by atoms with E-state index in [-0.39, 0.29) is 0 Å². The van der Waals surface area contributed by atoms with Crippen molar-refractivity contribution < 1.29 is 33.2 Å². The van der Waals surface area contributed by atoms with Crippen LogP contribution in [0.4, 0.5) is 0 Å². The molecule has 81 heavy (non-hydrogen) atoms. The molecule has 0 spiro atoms. The Labute approximate surface area is 470 Å². The van der Waals surface area contributed by atoms with Gasteiger partial charge in [0.1, 0.15) is 28.7 Å². The molecule has 18 heteroatoms. The van der Waals surface area contributed by atoms with Gasteiger partial charge in [0.15, 0.2) is 0 Å². The van der Waals surface area contributed by atoms with Gasteiger partial charge in [-0.2, -0.15) is 0 Å². The molecule has 5 aromatic heterocycles. The second-order valence-corrected chi connectivity index (χ2v) is 19.5. The van der Waals surface area contributed by atoms with Gasteiger partial charge in [0.2, 0.25) is 0 Å². The molecule has 0 saturated heterocycles. The highest BCUT2D eigenvalue weighted by molar-refractivity contribution is 5.54. The van der Waals surface area contributed by atoms with E-state index < -0.39 is 0 Å². The number of benzene rings is 5. The van der Waals surface area contributed by atoms with Crippen LogP contribution >= 0.6 is 0 Å². The molecule has 0 radical (unpaired) electrons. The molecule has 0 N–H and O–H groups in total. The van der Waals surface area contributed by atoms with Crippen LogP contribution in [0.3, 0.4) is 0 Å². The summed E-state index contributed by atoms with van der Waals surface area (Å²) in [5, 5.41) is 26.0. The Balaban J connectivity index is 0.000000175. The molecule has 0 fully saturated rings. The first-order valence-corrected chi connectivity index (χ1v) is 27.5. The van der Waals surface area contributed by atoms with Crippen LogP contribution in [-0.2, 0) is 55.2 Å². The lowest BCUT2D eigenvalue weighted by molar-refractivity contribution is 0.104. The van der Waals surface area contributed by atoms with Crippen molar-refractivity contribution >= 4 is 0 Å². The van der Waals surface area contributed by atoms with Crippen LogP contribution in [0.1, 0.15) is 71.7 Å². The number of ether oxygens (including phenoxy) is 7. The highest BCUT2D eigenvalue weighted by Crippen LogP contribution is 2.23. The van der Waals surface area contributed by atoms with Gasteiger partial charge in [-0.05, 0) is 147 Å². The summed E-state index contributed by atoms with van der Waals surface area (Å²) in [6.45, 7) is 4.86. The van der Waals surface area contributed by atoms with Gasteiger partial charge < -0.3 is 33.2 Å². The molecule has 4 aliphatic rings. The van der Waals surface area contributed by atoms with Gasteiger partial charge in [-0.1, -0.05) is 70.2 Å². The highest BCUT2D eigenvalue weighted by Gasteiger charge is 2.11. The van der Waals surface area contributed by atoms with Crippen LogP contribution in [-0.4, -0.2) is 88.0 Å². The molecule has 18 nitrogen and oxygen atoms in total. The van der Waals surface area contributed by atoms with E-state index in [1.54, 1.807) is 14.0 Å². The number of fused-ring (bicyclic) bond motifs is 17. The summed E-state index contributed by atoms with van der Waals surface area (Å²) in [5.74, 6) is 4.07. The SMILES string of the molecule is c1cc2cc(c1)-n1cc(nn1)CCCOc1cccc(c1)-n1cc(nn1)CCCOc1cccc(c1)-n1cc(nn1)CCCO2.c1cc2nc(c1)-c1cccc(n1)COCc1ccc(cc1)OCCCCOc1ccc(cc1)COC2. The standard InChI is InChI=1S/C33H33N9O3.C30H30N2O4/c1-10-28-19-31(13-1)43-16-4-7-26-23-41(38-35-26)29-11-2-15-33(20-29)45-18-6-9-27-24-42(39-36-27)30-12-3-14-32(21-30)44-17-5-8-25-22-40(28)37-34-25;1-2-18-36-28-15-11-24(12-16-28)20-34-22-26-6-4-8-30(32-26)29-7-3-5-25(31-29)21-33-19-23-9-13-27(14-10-23)35-17-1/h1-3,10-15,19-24H,4-9,16-18H2;3-16H,1-2,17-22H2. The number of nitrogens with zero attached hydrogens (tertiary/aromatic N) is 11. The highest BCUT2D eigenvalue weighted by atomic mass is 16.5. The van der Waals surface area contributed by atoms with E-state index in [4.69, 9.17) is 43.1 Å². The van der Waals surface area contributed by atoms with Crippen LogP contribution in [0.2, 0.25) is 0 Å². The predicted molar refractivity (Wildman–Crippen MR) is 303 cm³/mol. The summed E-state index contributed by atoms with van der Waals surface area (Å²) < 4.78 is 47.0. The number of rotatable bonds is 0. The summed E-state index contributed by atoms with van der Waals surface area (Å²) >= 11 is 0. The first kappa shape index (κ1) is 53.7. The maximum Gasteiger partial charge on any atom is 0.121 e. The Hall–Kier alpha value is -9.26. The monoisotopic (exact) mass is 1090 g/mol. The number of hydrogen-bond acceptors (Lipinski definition) is 15. The van der Waals surface area contributed by atoms with Crippen LogP contribution in [0.25, 0.3) is 28.5 Å². The molecule has 0 aliphatic carbocycles. The zero-order valence-electron chi connectivity index (χ0n) is 45.0. The third kappa shape index (κ3) is 15.7. The van der Waals surface area contributed by atoms with Gasteiger partial charge in [0, 0.05) is 18.2 Å². The smallest absolute Gasteiger partial charge is 0.121 e. The minimum atomic E-state index is 0.426. The molecular formula is C63H63N11O7. The molecule has 412 valence electrons. The zero-order valence-corrected chi connectivity index (χ0v) is 45.0. The Morgan fingerprint density at radius 3 is 1.04 bits per heavy atom. The largest absolute Gasteiger partial charge is 0.494 e. The first-order valence-electron chi connectivity index (χ1n) is 27.5. The van der Waals surface area contributed by atoms with E-state index in [1.165, 1.54) is 0 Å². The van der Waals surface area contributed by atoms with Gasteiger partial charge >= 0.3 is 0 Å². The molecule has 14 rings (SSSR count). The van der Waals surface area contributed by atoms with E-state index >= 15 is 0 Å². The van der Waals surface area contributed by atoms with E-state index in [1.807, 2.05) is 176 Å². The Morgan fingerprint density at radius 2 is 0.654 bits per heavy atom. The fourth-order valence-corrected chi connectivity index (χ4v) is 8.99. The normalized spacial score (nSPS) is 14.7. The topological polar surface area (TPSA) is 183 Å². The molecule has 0 unspecified atom stereocenters. The second-order valence-electron chi connectivity index (χ2n) is 19.5. The van der Waals surface area contributed by atoms with Crippen LogP contribution < -0.4 is 23.7 Å². The van der Waals surface area contributed by atoms with Crippen molar-refractivity contribution in [3.8, 4) is 57.2 Å². The van der Waals surface area contributed by atoms with Crippen molar-refractivity contribution in [3.63, 3.8) is 0 Å². The van der Waals surface area contributed by atoms with Crippen molar-refractivity contribution in [2.24, 2.45) is 0 Å². The van der Waals surface area contributed by atoms with Crippen molar-refractivity contribution in [3.05, 3.63) is 216 Å². The Morgan fingerprint density at radius 1 is 0.309 bits per heavy atom. The molecule has 9 heterocycles. The number of aromatic nitrogens is 11. The maximum atomic E-state index is 6.04. The van der Waals surface area contributed by atoms with Crippen molar-refractivity contribution in [1.82, 2.24) is 54.9 Å². The van der Waals surface area contributed by atoms with Crippen molar-refractivity contribution in [2.45, 2.75) is 77.8 Å². The molecule has 0 atom stereocenters. The average molecular weight is 1090 g/mol. The molecule has 20 bridgehead atoms. The molecule has 4 aliphatic heterocycles. The fourth-order valence-electron chi connectivity index (χ4n) is 8.99. The lowest BCUT2D eigenvalue weighted by atomic mass is 10.2. The van der Waals surface area contributed by atoms with Gasteiger partial charge in [0.05, 0.1) is 135 Å². The Kier molecular flexibility index (Phi) is 18.3. The lowest BCUT2D eigenvalue weighted by Crippen LogP contribution is -2.03. The summed E-state index contributed by atoms with van der Waals surface area (Å²) in [6, 6.07) is 51.5. The quantitative estimate of drug-likeness (QED) is 0.140. The number of hydrogen-bond donors (Lipinski definition) is 0. The minimum absolute atomic E-state index is 0.426. The first-order chi connectivity index (χ1) is 40.1. The van der Waals surface area contributed by atoms with Gasteiger partial charge in [-0.3, -0.25) is 0 Å². The van der Waals surface area contributed by atoms with Crippen molar-refractivity contribution in [1.29, 1.82) is 0 Å². The van der Waals surface area contributed by atoms with Crippen LogP contribution in [0.15, 0.2) is 176 Å². The summed E-state index contributed by atoms with van der Waals surface area (Å²) in [6.07, 6.45) is 12.4. The van der Waals surface area contributed by atoms with E-state index in [0.717, 1.165) is 148 Å². The summed E-state index contributed by atoms with van der Waals surface area (Å²) in [5.41, 5.74) is 10.9. The van der Waals surface area contributed by atoms with Gasteiger partial charge in [0.25, 0.3) is 0 Å². The number of pyridine rings is 2. The summed E-state index contributed by atoms with van der Waals surface area (Å²) in [4.78, 5) is 9.51. The zero-order chi connectivity index (χ0) is 54.7. The maximum absolute atomic E-state index is 6.04. The number of aryl methyl sites for hydroxylation is 3. The second kappa shape index (κ2) is 27.6. The average Bonchev–Trinajstić information content (AvgIpc) is 4.32. The van der Waals surface area contributed by atoms with Crippen LogP contribution in [0.5, 0.6) is 28.7 Å². The van der Waals surface area contributed by atoms with E-state index in [9.17, 15) is 0 Å². The summed E-state index contributed by atoms with van der Waals surface area (Å²) in [7, 11) is 0. The third-order valence-corrected chi connectivity index (χ3v) is 13.2. The van der Waals surface area contributed by atoms with E-state index in [2.05, 4.69) is 30.9 Å². The molecule has 0 saturated carbocycles. The van der Waals surface area contributed by atoms with E-state index in [0.29, 0.717) is 59.5 Å². The van der Waals surface area contributed by atoms with Crippen LogP contribution in [0, 0.1) is 0 Å².